The first-order chi connectivity index (χ1) is 13.3. The molecule has 0 amide bonds. The zero-order valence-corrected chi connectivity index (χ0v) is 16.1. The topological polar surface area (TPSA) is 50.7 Å². The van der Waals surface area contributed by atoms with E-state index in [1.165, 1.54) is 31.4 Å². The van der Waals surface area contributed by atoms with Gasteiger partial charge in [-0.25, -0.2) is 4.98 Å². The van der Waals surface area contributed by atoms with Crippen LogP contribution in [0.15, 0.2) is 6.07 Å². The van der Waals surface area contributed by atoms with Crippen LogP contribution < -0.4 is 9.80 Å². The molecule has 146 valence electrons. The summed E-state index contributed by atoms with van der Waals surface area (Å²) in [6.07, 6.45) is 8.14. The fourth-order valence-electron chi connectivity index (χ4n) is 5.48. The summed E-state index contributed by atoms with van der Waals surface area (Å²) in [6, 6.07) is 2.28. The van der Waals surface area contributed by atoms with Crippen LogP contribution in [-0.4, -0.2) is 61.6 Å². The maximum Gasteiger partial charge on any atom is 0.227 e. The van der Waals surface area contributed by atoms with Crippen LogP contribution in [0.2, 0.25) is 0 Å². The number of piperidine rings is 2. The quantitative estimate of drug-likeness (QED) is 0.815. The molecule has 0 aromatic carbocycles. The van der Waals surface area contributed by atoms with E-state index in [-0.39, 0.29) is 0 Å². The number of rotatable bonds is 3. The molecule has 0 spiro atoms. The average Bonchev–Trinajstić information content (AvgIpc) is 3.27. The summed E-state index contributed by atoms with van der Waals surface area (Å²) in [5.41, 5.74) is 1.27. The van der Waals surface area contributed by atoms with E-state index in [9.17, 15) is 0 Å². The minimum atomic E-state index is 0.466. The number of ether oxygens (including phenoxy) is 2. The Kier molecular flexibility index (Phi) is 4.04. The maximum absolute atomic E-state index is 5.89. The molecule has 4 aliphatic heterocycles. The first kappa shape index (κ1) is 16.5. The lowest BCUT2D eigenvalue weighted by atomic mass is 9.94. The van der Waals surface area contributed by atoms with Crippen molar-refractivity contribution in [1.29, 1.82) is 0 Å². The van der Waals surface area contributed by atoms with E-state index in [0.717, 1.165) is 64.0 Å². The molecule has 1 aromatic heterocycles. The second kappa shape index (κ2) is 6.59. The van der Waals surface area contributed by atoms with E-state index in [0.29, 0.717) is 30.0 Å². The molecular formula is C21H30N4O2. The first-order valence-electron chi connectivity index (χ1n) is 11.0. The molecule has 0 N–H and O–H groups in total. The zero-order chi connectivity index (χ0) is 17.8. The Morgan fingerprint density at radius 2 is 1.44 bits per heavy atom. The van der Waals surface area contributed by atoms with Crippen molar-refractivity contribution in [2.75, 3.05) is 49.2 Å². The van der Waals surface area contributed by atoms with Gasteiger partial charge in [0.05, 0.1) is 17.9 Å². The van der Waals surface area contributed by atoms with Crippen LogP contribution in [0, 0.1) is 11.8 Å². The van der Waals surface area contributed by atoms with Gasteiger partial charge < -0.3 is 19.3 Å². The zero-order valence-electron chi connectivity index (χ0n) is 16.1. The summed E-state index contributed by atoms with van der Waals surface area (Å²) in [7, 11) is 0. The largest absolute Gasteiger partial charge is 0.378 e. The van der Waals surface area contributed by atoms with Crippen molar-refractivity contribution in [3.63, 3.8) is 0 Å². The minimum Gasteiger partial charge on any atom is -0.378 e. The SMILES string of the molecule is c1c(C2CC2)nc(N2CC[C@@H]3OCC[C@@H]3C2)nc1N1CC[C@@H]2OCC[C@@H]2C1. The Hall–Kier alpha value is -1.40. The molecule has 0 bridgehead atoms. The van der Waals surface area contributed by atoms with E-state index < -0.39 is 0 Å². The van der Waals surface area contributed by atoms with E-state index >= 15 is 0 Å². The van der Waals surface area contributed by atoms with Crippen molar-refractivity contribution in [3.8, 4) is 0 Å². The van der Waals surface area contributed by atoms with E-state index in [4.69, 9.17) is 19.4 Å². The predicted octanol–water partition coefficient (Wildman–Crippen LogP) is 2.58. The van der Waals surface area contributed by atoms with Crippen molar-refractivity contribution in [2.24, 2.45) is 11.8 Å². The lowest BCUT2D eigenvalue weighted by molar-refractivity contribution is 0.0768. The molecule has 1 aliphatic carbocycles. The fourth-order valence-corrected chi connectivity index (χ4v) is 5.48. The minimum absolute atomic E-state index is 0.466. The van der Waals surface area contributed by atoms with Gasteiger partial charge in [0.1, 0.15) is 5.82 Å². The van der Waals surface area contributed by atoms with Crippen LogP contribution in [0.5, 0.6) is 0 Å². The predicted molar refractivity (Wildman–Crippen MR) is 103 cm³/mol. The van der Waals surface area contributed by atoms with Gasteiger partial charge in [0.25, 0.3) is 0 Å². The van der Waals surface area contributed by atoms with Gasteiger partial charge in [0, 0.05) is 63.2 Å². The lowest BCUT2D eigenvalue weighted by Crippen LogP contribution is -2.43. The molecule has 4 atom stereocenters. The number of hydrogen-bond acceptors (Lipinski definition) is 6. The number of fused-ring (bicyclic) bond motifs is 2. The van der Waals surface area contributed by atoms with Crippen molar-refractivity contribution < 1.29 is 9.47 Å². The smallest absolute Gasteiger partial charge is 0.227 e. The third-order valence-electron chi connectivity index (χ3n) is 7.29. The van der Waals surface area contributed by atoms with Crippen LogP contribution in [0.3, 0.4) is 0 Å². The summed E-state index contributed by atoms with van der Waals surface area (Å²) in [5, 5.41) is 0. The Bertz CT molecular complexity index is 659. The normalized spacial score (nSPS) is 36.0. The lowest BCUT2D eigenvalue weighted by Gasteiger charge is -2.37. The first-order valence-corrected chi connectivity index (χ1v) is 11.0. The second-order valence-electron chi connectivity index (χ2n) is 9.11. The van der Waals surface area contributed by atoms with Gasteiger partial charge in [0.15, 0.2) is 0 Å². The van der Waals surface area contributed by atoms with Crippen LogP contribution in [0.4, 0.5) is 11.8 Å². The van der Waals surface area contributed by atoms with E-state index in [1.54, 1.807) is 0 Å². The Morgan fingerprint density at radius 3 is 2.15 bits per heavy atom. The highest BCUT2D eigenvalue weighted by molar-refractivity contribution is 5.48. The number of nitrogens with zero attached hydrogens (tertiary/aromatic N) is 4. The summed E-state index contributed by atoms with van der Waals surface area (Å²) in [6.45, 7) is 6.08. The van der Waals surface area contributed by atoms with E-state index in [2.05, 4.69) is 15.9 Å². The monoisotopic (exact) mass is 370 g/mol. The van der Waals surface area contributed by atoms with Crippen LogP contribution >= 0.6 is 0 Å². The summed E-state index contributed by atoms with van der Waals surface area (Å²) in [4.78, 5) is 15.0. The van der Waals surface area contributed by atoms with Crippen LogP contribution in [-0.2, 0) is 9.47 Å². The molecule has 6 heteroatoms. The Labute approximate surface area is 161 Å². The molecule has 0 unspecified atom stereocenters. The number of anilines is 2. The van der Waals surface area contributed by atoms with E-state index in [1.807, 2.05) is 0 Å². The van der Waals surface area contributed by atoms with Crippen LogP contribution in [0.25, 0.3) is 0 Å². The molecule has 5 aliphatic rings. The highest BCUT2D eigenvalue weighted by Crippen LogP contribution is 2.41. The molecule has 6 nitrogen and oxygen atoms in total. The third kappa shape index (κ3) is 3.11. The van der Waals surface area contributed by atoms with Gasteiger partial charge in [-0.15, -0.1) is 0 Å². The van der Waals surface area contributed by atoms with Gasteiger partial charge >= 0.3 is 0 Å². The summed E-state index contributed by atoms with van der Waals surface area (Å²) in [5.74, 6) is 4.10. The molecule has 0 radical (unpaired) electrons. The molecule has 1 aromatic rings. The molecule has 5 heterocycles. The van der Waals surface area contributed by atoms with Crippen molar-refractivity contribution in [1.82, 2.24) is 9.97 Å². The summed E-state index contributed by atoms with van der Waals surface area (Å²) < 4.78 is 11.8. The molecule has 1 saturated carbocycles. The van der Waals surface area contributed by atoms with Crippen LogP contribution in [0.1, 0.15) is 50.1 Å². The average molecular weight is 370 g/mol. The maximum atomic E-state index is 5.89. The highest BCUT2D eigenvalue weighted by atomic mass is 16.5. The third-order valence-corrected chi connectivity index (χ3v) is 7.29. The number of aromatic nitrogens is 2. The Morgan fingerprint density at radius 1 is 0.778 bits per heavy atom. The van der Waals surface area contributed by atoms with Gasteiger partial charge in [-0.05, 0) is 38.5 Å². The van der Waals surface area contributed by atoms with Gasteiger partial charge in [-0.1, -0.05) is 0 Å². The fraction of sp³-hybridized carbons (Fsp3) is 0.810. The standard InChI is InChI=1S/C21H30N4O2/c1-2-14(1)17-11-20(24-7-3-18-15(12-24)5-9-26-18)23-21(22-17)25-8-4-19-16(13-25)6-10-27-19/h11,14-16,18-19H,1-10,12-13H2/t15-,16-,18+,19+/m1/s1. The van der Waals surface area contributed by atoms with Gasteiger partial charge in [0.2, 0.25) is 5.95 Å². The van der Waals surface area contributed by atoms with Gasteiger partial charge in [-0.2, -0.15) is 4.98 Å². The highest BCUT2D eigenvalue weighted by Gasteiger charge is 2.37. The second-order valence-corrected chi connectivity index (χ2v) is 9.11. The van der Waals surface area contributed by atoms with Crippen molar-refractivity contribution >= 4 is 11.8 Å². The van der Waals surface area contributed by atoms with Gasteiger partial charge in [-0.3, -0.25) is 0 Å². The molecular weight excluding hydrogens is 340 g/mol. The molecule has 4 saturated heterocycles. The Balaban J connectivity index is 1.27. The molecule has 5 fully saturated rings. The number of hydrogen-bond donors (Lipinski definition) is 0. The van der Waals surface area contributed by atoms with Crippen molar-refractivity contribution in [3.05, 3.63) is 11.8 Å². The molecule has 27 heavy (non-hydrogen) atoms. The van der Waals surface area contributed by atoms with Crippen molar-refractivity contribution in [2.45, 2.75) is 56.7 Å². The summed E-state index contributed by atoms with van der Waals surface area (Å²) >= 11 is 0. The molecule has 6 rings (SSSR count).